The predicted molar refractivity (Wildman–Crippen MR) is 94.2 cm³/mol. The summed E-state index contributed by atoms with van der Waals surface area (Å²) < 4.78 is 16.8. The summed E-state index contributed by atoms with van der Waals surface area (Å²) >= 11 is 0. The molecule has 0 aliphatic carbocycles. The fourth-order valence-corrected chi connectivity index (χ4v) is 2.77. The molecule has 0 amide bonds. The summed E-state index contributed by atoms with van der Waals surface area (Å²) in [4.78, 5) is 0. The molecule has 0 atom stereocenters. The molecule has 3 aromatic rings. The predicted octanol–water partition coefficient (Wildman–Crippen LogP) is 5.46. The topological polar surface area (TPSA) is 31.6 Å². The Kier molecular flexibility index (Phi) is 4.11. The molecule has 118 valence electrons. The lowest BCUT2D eigenvalue weighted by Crippen LogP contribution is -1.85. The molecular weight excluding hydrogens is 288 g/mol. The maximum Gasteiger partial charge on any atom is 0.176 e. The number of fused-ring (bicyclic) bond motifs is 1. The van der Waals surface area contributed by atoms with Gasteiger partial charge in [-0.15, -0.1) is 0 Å². The van der Waals surface area contributed by atoms with Gasteiger partial charge in [0.1, 0.15) is 11.5 Å². The van der Waals surface area contributed by atoms with Crippen molar-refractivity contribution in [2.24, 2.45) is 0 Å². The van der Waals surface area contributed by atoms with Crippen molar-refractivity contribution in [3.63, 3.8) is 0 Å². The molecule has 2 aromatic carbocycles. The molecule has 0 radical (unpaired) electrons. The van der Waals surface area contributed by atoms with E-state index in [0.29, 0.717) is 0 Å². The van der Waals surface area contributed by atoms with Gasteiger partial charge in [0.25, 0.3) is 0 Å². The molecule has 0 bridgehead atoms. The van der Waals surface area contributed by atoms with Gasteiger partial charge in [0.15, 0.2) is 11.3 Å². The maximum atomic E-state index is 6.12. The van der Waals surface area contributed by atoms with Gasteiger partial charge in [0.05, 0.1) is 14.2 Å². The largest absolute Gasteiger partial charge is 0.497 e. The Bertz CT molecular complexity index is 855. The third kappa shape index (κ3) is 2.70. The summed E-state index contributed by atoms with van der Waals surface area (Å²) in [5.41, 5.74) is 4.01. The second-order valence-corrected chi connectivity index (χ2v) is 5.38. The lowest BCUT2D eigenvalue weighted by molar-refractivity contribution is 0.410. The number of methoxy groups -OCH3 is 2. The van der Waals surface area contributed by atoms with Crippen molar-refractivity contribution in [1.82, 2.24) is 0 Å². The Morgan fingerprint density at radius 2 is 1.74 bits per heavy atom. The third-order valence-electron chi connectivity index (χ3n) is 3.96. The molecule has 0 unspecified atom stereocenters. The fourth-order valence-electron chi connectivity index (χ4n) is 2.77. The zero-order valence-corrected chi connectivity index (χ0v) is 13.8. The first-order chi connectivity index (χ1) is 11.2. The van der Waals surface area contributed by atoms with Crippen LogP contribution in [0.3, 0.4) is 0 Å². The molecule has 3 heteroatoms. The Balaban J connectivity index is 2.20. The van der Waals surface area contributed by atoms with Crippen molar-refractivity contribution in [1.29, 1.82) is 0 Å². The van der Waals surface area contributed by atoms with Gasteiger partial charge < -0.3 is 13.9 Å². The summed E-state index contributed by atoms with van der Waals surface area (Å²) in [6, 6.07) is 12.0. The number of benzene rings is 2. The van der Waals surface area contributed by atoms with Gasteiger partial charge in [-0.1, -0.05) is 12.2 Å². The van der Waals surface area contributed by atoms with Crippen LogP contribution in [0.5, 0.6) is 11.5 Å². The Labute approximate surface area is 136 Å². The molecule has 0 saturated carbocycles. The molecule has 0 saturated heterocycles. The monoisotopic (exact) mass is 308 g/mol. The normalized spacial score (nSPS) is 11.3. The zero-order chi connectivity index (χ0) is 16.4. The number of rotatable bonds is 4. The molecule has 0 aliphatic rings. The standard InChI is InChI=1S/C20H20O3/c1-5-6-14-11-17-13(2)19(23-20(17)18(12-14)22-4)15-7-9-16(21-3)10-8-15/h5-12H,1-4H3. The molecule has 0 spiro atoms. The lowest BCUT2D eigenvalue weighted by Gasteiger charge is -2.02. The molecular formula is C20H20O3. The average molecular weight is 308 g/mol. The Morgan fingerprint density at radius 1 is 1.00 bits per heavy atom. The van der Waals surface area contributed by atoms with Gasteiger partial charge in [-0.25, -0.2) is 0 Å². The summed E-state index contributed by atoms with van der Waals surface area (Å²) in [5.74, 6) is 2.44. The minimum Gasteiger partial charge on any atom is -0.497 e. The summed E-state index contributed by atoms with van der Waals surface area (Å²) in [6.45, 7) is 4.08. The second-order valence-electron chi connectivity index (χ2n) is 5.38. The number of furan rings is 1. The first-order valence-electron chi connectivity index (χ1n) is 7.56. The van der Waals surface area contributed by atoms with Crippen molar-refractivity contribution in [2.45, 2.75) is 13.8 Å². The zero-order valence-electron chi connectivity index (χ0n) is 13.8. The quantitative estimate of drug-likeness (QED) is 0.641. The summed E-state index contributed by atoms with van der Waals surface area (Å²) in [6.07, 6.45) is 4.07. The third-order valence-corrected chi connectivity index (χ3v) is 3.96. The van der Waals surface area contributed by atoms with Crippen LogP contribution < -0.4 is 9.47 Å². The van der Waals surface area contributed by atoms with E-state index in [9.17, 15) is 0 Å². The highest BCUT2D eigenvalue weighted by atomic mass is 16.5. The van der Waals surface area contributed by atoms with E-state index in [1.807, 2.05) is 43.3 Å². The van der Waals surface area contributed by atoms with E-state index in [2.05, 4.69) is 19.1 Å². The van der Waals surface area contributed by atoms with Crippen LogP contribution in [0.4, 0.5) is 0 Å². The second kappa shape index (κ2) is 6.21. The molecule has 0 N–H and O–H groups in total. The van der Waals surface area contributed by atoms with Crippen molar-refractivity contribution < 1.29 is 13.9 Å². The van der Waals surface area contributed by atoms with Crippen molar-refractivity contribution in [2.75, 3.05) is 14.2 Å². The van der Waals surface area contributed by atoms with Crippen LogP contribution in [0, 0.1) is 6.92 Å². The average Bonchev–Trinajstić information content (AvgIpc) is 2.92. The highest BCUT2D eigenvalue weighted by Gasteiger charge is 2.16. The van der Waals surface area contributed by atoms with Crippen molar-refractivity contribution >= 4 is 17.0 Å². The molecule has 23 heavy (non-hydrogen) atoms. The summed E-state index contributed by atoms with van der Waals surface area (Å²) in [7, 11) is 3.33. The first-order valence-corrected chi connectivity index (χ1v) is 7.56. The number of hydrogen-bond donors (Lipinski definition) is 0. The lowest BCUT2D eigenvalue weighted by atomic mass is 10.0. The molecule has 1 heterocycles. The van der Waals surface area contributed by atoms with Gasteiger partial charge in [0, 0.05) is 16.5 Å². The van der Waals surface area contributed by atoms with Gasteiger partial charge in [-0.2, -0.15) is 0 Å². The first kappa shape index (κ1) is 15.2. The van der Waals surface area contributed by atoms with E-state index < -0.39 is 0 Å². The number of hydrogen-bond acceptors (Lipinski definition) is 3. The van der Waals surface area contributed by atoms with Gasteiger partial charge >= 0.3 is 0 Å². The minimum absolute atomic E-state index is 0.749. The van der Waals surface area contributed by atoms with Crippen molar-refractivity contribution in [3.05, 3.63) is 53.6 Å². The van der Waals surface area contributed by atoms with E-state index in [-0.39, 0.29) is 0 Å². The highest BCUT2D eigenvalue weighted by molar-refractivity contribution is 5.93. The fraction of sp³-hybridized carbons (Fsp3) is 0.200. The van der Waals surface area contributed by atoms with Crippen LogP contribution in [0.15, 0.2) is 46.9 Å². The smallest absolute Gasteiger partial charge is 0.176 e. The highest BCUT2D eigenvalue weighted by Crippen LogP contribution is 2.39. The number of aryl methyl sites for hydroxylation is 1. The van der Waals surface area contributed by atoms with Gasteiger partial charge in [-0.05, 0) is 55.8 Å². The molecule has 0 fully saturated rings. The van der Waals surface area contributed by atoms with E-state index >= 15 is 0 Å². The van der Waals surface area contributed by atoms with Crippen LogP contribution in [-0.4, -0.2) is 14.2 Å². The van der Waals surface area contributed by atoms with E-state index in [1.54, 1.807) is 14.2 Å². The van der Waals surface area contributed by atoms with Crippen LogP contribution in [0.25, 0.3) is 28.4 Å². The summed E-state index contributed by atoms with van der Waals surface area (Å²) in [5, 5.41) is 1.07. The van der Waals surface area contributed by atoms with Crippen molar-refractivity contribution in [3.8, 4) is 22.8 Å². The number of ether oxygens (including phenoxy) is 2. The van der Waals surface area contributed by atoms with Crippen LogP contribution in [-0.2, 0) is 0 Å². The van der Waals surface area contributed by atoms with Gasteiger partial charge in [0.2, 0.25) is 0 Å². The number of allylic oxidation sites excluding steroid dienone is 1. The minimum atomic E-state index is 0.749. The molecule has 3 nitrogen and oxygen atoms in total. The SMILES string of the molecule is CC=Cc1cc(OC)c2oc(-c3ccc(OC)cc3)c(C)c2c1. The Hall–Kier alpha value is -2.68. The van der Waals surface area contributed by atoms with E-state index in [4.69, 9.17) is 13.9 Å². The maximum absolute atomic E-state index is 6.12. The van der Waals surface area contributed by atoms with E-state index in [0.717, 1.165) is 44.9 Å². The van der Waals surface area contributed by atoms with Crippen LogP contribution in [0.1, 0.15) is 18.1 Å². The van der Waals surface area contributed by atoms with Crippen LogP contribution in [0.2, 0.25) is 0 Å². The van der Waals surface area contributed by atoms with E-state index in [1.165, 1.54) is 0 Å². The molecule has 1 aromatic heterocycles. The van der Waals surface area contributed by atoms with Crippen LogP contribution >= 0.6 is 0 Å². The molecule has 3 rings (SSSR count). The molecule has 0 aliphatic heterocycles. The Morgan fingerprint density at radius 3 is 2.35 bits per heavy atom. The van der Waals surface area contributed by atoms with Gasteiger partial charge in [-0.3, -0.25) is 0 Å².